The van der Waals surface area contributed by atoms with Crippen molar-refractivity contribution in [2.75, 3.05) is 13.7 Å². The predicted octanol–water partition coefficient (Wildman–Crippen LogP) is 5.67. The van der Waals surface area contributed by atoms with Gasteiger partial charge in [-0.15, -0.1) is 0 Å². The molecule has 0 radical (unpaired) electrons. The predicted molar refractivity (Wildman–Crippen MR) is 192 cm³/mol. The molecule has 6 rings (SSSR count). The first-order chi connectivity index (χ1) is 23.7. The van der Waals surface area contributed by atoms with Gasteiger partial charge in [0.05, 0.1) is 43.5 Å². The van der Waals surface area contributed by atoms with Gasteiger partial charge < -0.3 is 33.6 Å². The van der Waals surface area contributed by atoms with Gasteiger partial charge in [-0.25, -0.2) is 4.79 Å². The second-order valence-electron chi connectivity index (χ2n) is 17.3. The number of methoxy groups -OCH3 is 1. The van der Waals surface area contributed by atoms with E-state index in [0.717, 1.165) is 5.56 Å². The van der Waals surface area contributed by atoms with Gasteiger partial charge in [0.1, 0.15) is 23.6 Å². The van der Waals surface area contributed by atoms with Crippen molar-refractivity contribution < 1.29 is 48.0 Å². The first kappa shape index (κ1) is 37.8. The average molecular weight is 723 g/mol. The summed E-state index contributed by atoms with van der Waals surface area (Å²) in [6, 6.07) is 15.7. The largest absolute Gasteiger partial charge is 0.497 e. The van der Waals surface area contributed by atoms with Crippen LogP contribution in [0.3, 0.4) is 0 Å². The van der Waals surface area contributed by atoms with Crippen LogP contribution in [0.25, 0.3) is 0 Å². The molecule has 0 aromatic heterocycles. The summed E-state index contributed by atoms with van der Waals surface area (Å²) in [6.07, 6.45) is -3.89. The van der Waals surface area contributed by atoms with Crippen molar-refractivity contribution in [3.63, 3.8) is 0 Å². The highest BCUT2D eigenvalue weighted by atomic mass is 28.4. The second-order valence-corrected chi connectivity index (χ2v) is 22.1. The molecule has 3 aliphatic carbocycles. The molecule has 2 aromatic rings. The lowest BCUT2D eigenvalue weighted by molar-refractivity contribution is -0.343. The first-order valence-electron chi connectivity index (χ1n) is 18.1. The number of benzene rings is 2. The maximum atomic E-state index is 15.7. The lowest BCUT2D eigenvalue weighted by Gasteiger charge is -2.68. The quantitative estimate of drug-likeness (QED) is 0.259. The van der Waals surface area contributed by atoms with Crippen molar-refractivity contribution in [2.24, 2.45) is 22.7 Å². The number of Topliss-reactive ketones (excluding diaryl/α,β-unsaturated/α-hetero) is 2. The molecule has 2 N–H and O–H groups in total. The van der Waals surface area contributed by atoms with Crippen LogP contribution in [0.1, 0.15) is 76.7 Å². The molecule has 51 heavy (non-hydrogen) atoms. The number of ketones is 2. The molecule has 4 aliphatic rings. The van der Waals surface area contributed by atoms with E-state index in [0.29, 0.717) is 5.75 Å². The lowest BCUT2D eigenvalue weighted by Crippen LogP contribution is -2.83. The Balaban J connectivity index is 1.56. The summed E-state index contributed by atoms with van der Waals surface area (Å²) >= 11 is 0. The minimum absolute atomic E-state index is 0.0641. The van der Waals surface area contributed by atoms with Crippen LogP contribution in [0.5, 0.6) is 5.75 Å². The third-order valence-electron chi connectivity index (χ3n) is 13.3. The Kier molecular flexibility index (Phi) is 9.55. The van der Waals surface area contributed by atoms with Gasteiger partial charge in [0, 0.05) is 30.1 Å². The minimum atomic E-state index is -2.60. The topological polar surface area (TPSA) is 138 Å². The molecule has 4 fully saturated rings. The summed E-state index contributed by atoms with van der Waals surface area (Å²) in [7, 11) is -1.01. The number of esters is 1. The Hall–Kier alpha value is -2.93. The van der Waals surface area contributed by atoms with Crippen molar-refractivity contribution in [2.45, 2.75) is 121 Å². The molecule has 10 nitrogen and oxygen atoms in total. The molecular formula is C40H54O10Si. The van der Waals surface area contributed by atoms with Gasteiger partial charge in [-0.05, 0) is 61.3 Å². The van der Waals surface area contributed by atoms with Gasteiger partial charge in [0.2, 0.25) is 0 Å². The minimum Gasteiger partial charge on any atom is -0.497 e. The number of hydrogen-bond donors (Lipinski definition) is 2. The van der Waals surface area contributed by atoms with E-state index in [-0.39, 0.29) is 48.9 Å². The van der Waals surface area contributed by atoms with E-state index in [1.54, 1.807) is 58.2 Å². The zero-order valence-electron chi connectivity index (χ0n) is 31.4. The number of carbonyl (C=O) groups excluding carboxylic acids is 3. The van der Waals surface area contributed by atoms with E-state index in [1.807, 2.05) is 24.3 Å². The van der Waals surface area contributed by atoms with Crippen LogP contribution in [0, 0.1) is 22.7 Å². The van der Waals surface area contributed by atoms with Crippen molar-refractivity contribution in [3.05, 3.63) is 65.7 Å². The van der Waals surface area contributed by atoms with Gasteiger partial charge in [0.25, 0.3) is 0 Å². The van der Waals surface area contributed by atoms with E-state index in [4.69, 9.17) is 23.4 Å². The molecule has 0 unspecified atom stereocenters. The molecule has 1 heterocycles. The van der Waals surface area contributed by atoms with Gasteiger partial charge in [-0.2, -0.15) is 0 Å². The third-order valence-corrected chi connectivity index (χ3v) is 17.8. The van der Waals surface area contributed by atoms with E-state index in [9.17, 15) is 19.8 Å². The molecule has 9 atom stereocenters. The molecule has 2 aromatic carbocycles. The molecule has 1 aliphatic heterocycles. The van der Waals surface area contributed by atoms with Gasteiger partial charge >= 0.3 is 5.97 Å². The van der Waals surface area contributed by atoms with Crippen LogP contribution in [0.2, 0.25) is 18.1 Å². The van der Waals surface area contributed by atoms with Crippen LogP contribution >= 0.6 is 0 Å². The molecule has 1 saturated heterocycles. The first-order valence-corrected chi connectivity index (χ1v) is 21.0. The number of ether oxygens (including phenoxy) is 4. The van der Waals surface area contributed by atoms with Crippen molar-refractivity contribution in [1.82, 2.24) is 0 Å². The van der Waals surface area contributed by atoms with E-state index in [2.05, 4.69) is 33.9 Å². The molecule has 0 spiro atoms. The van der Waals surface area contributed by atoms with E-state index < -0.39 is 78.4 Å². The second kappa shape index (κ2) is 12.9. The van der Waals surface area contributed by atoms with Crippen LogP contribution in [-0.4, -0.2) is 85.4 Å². The fourth-order valence-corrected chi connectivity index (χ4v) is 10.4. The Morgan fingerprint density at radius 3 is 2.22 bits per heavy atom. The Morgan fingerprint density at radius 1 is 1.00 bits per heavy atom. The smallest absolute Gasteiger partial charge is 0.338 e. The number of fused-ring (bicyclic) bond motifs is 5. The zero-order valence-corrected chi connectivity index (χ0v) is 32.4. The summed E-state index contributed by atoms with van der Waals surface area (Å²) in [5.74, 6) is -2.84. The maximum Gasteiger partial charge on any atom is 0.338 e. The van der Waals surface area contributed by atoms with Crippen molar-refractivity contribution in [1.29, 1.82) is 0 Å². The fourth-order valence-electron chi connectivity index (χ4n) is 8.96. The monoisotopic (exact) mass is 722 g/mol. The number of aliphatic hydroxyl groups is 2. The summed E-state index contributed by atoms with van der Waals surface area (Å²) in [4.78, 5) is 44.1. The summed E-state index contributed by atoms with van der Waals surface area (Å²) in [5, 5.41) is 25.6. The standard InChI is InChI=1S/C40H54O10Si/c1-36(2,3)51(8,9)50-29-21-30-39(44,23-48-30)32-34(49-35(43)25-13-11-10-12-14-25)40(45)28(41)20-19-27(37(40,4)5)31(33(42)38(29,32)6)47-22-24-15-17-26(46-7)18-16-24/h10-18,27,29-32,34,44-45H,19-23H2,1-9H3/t27-,29-,30+,31+,32-,34-,38+,39-,40-/m0/s1. The van der Waals surface area contributed by atoms with E-state index >= 15 is 4.79 Å². The van der Waals surface area contributed by atoms with E-state index in [1.165, 1.54) is 0 Å². The molecule has 3 saturated carbocycles. The SMILES string of the molecule is COc1ccc(CO[C@H]2C(=O)[C@]3(C)[C@@H](O[Si](C)(C)C(C)(C)C)C[C@H]4OC[C@@]4(O)[C@H]3[C@H](OC(=O)c3ccccc3)[C@@]3(O)C(=O)CC[C@@H]2C3(C)C)cc1. The number of carbonyl (C=O) groups is 3. The number of rotatable bonds is 8. The van der Waals surface area contributed by atoms with Gasteiger partial charge in [-0.3, -0.25) is 9.59 Å². The fraction of sp³-hybridized carbons (Fsp3) is 0.625. The zero-order chi connectivity index (χ0) is 37.4. The summed E-state index contributed by atoms with van der Waals surface area (Å²) in [5.41, 5.74) is -5.93. The van der Waals surface area contributed by atoms with Crippen LogP contribution < -0.4 is 4.74 Å². The third kappa shape index (κ3) is 5.83. The Bertz CT molecular complexity index is 1650. The highest BCUT2D eigenvalue weighted by molar-refractivity contribution is 6.74. The van der Waals surface area contributed by atoms with Crippen molar-refractivity contribution >= 4 is 25.9 Å². The van der Waals surface area contributed by atoms with Crippen LogP contribution in [-0.2, 0) is 34.8 Å². The lowest BCUT2D eigenvalue weighted by atomic mass is 9.43. The summed E-state index contributed by atoms with van der Waals surface area (Å²) in [6.45, 7) is 15.7. The molecular weight excluding hydrogens is 669 g/mol. The van der Waals surface area contributed by atoms with Gasteiger partial charge in [0.15, 0.2) is 25.5 Å². The highest BCUT2D eigenvalue weighted by Gasteiger charge is 2.78. The van der Waals surface area contributed by atoms with Crippen molar-refractivity contribution in [3.8, 4) is 5.75 Å². The highest BCUT2D eigenvalue weighted by Crippen LogP contribution is 2.64. The van der Waals surface area contributed by atoms with Gasteiger partial charge in [-0.1, -0.05) is 65.0 Å². The Labute approximate surface area is 302 Å². The maximum absolute atomic E-state index is 15.7. The molecule has 278 valence electrons. The average Bonchev–Trinajstić information content (AvgIpc) is 3.07. The Morgan fingerprint density at radius 2 is 1.65 bits per heavy atom. The number of hydrogen-bond acceptors (Lipinski definition) is 10. The van der Waals surface area contributed by atoms with Crippen LogP contribution in [0.4, 0.5) is 0 Å². The normalized spacial score (nSPS) is 36.1. The molecule has 2 bridgehead atoms. The summed E-state index contributed by atoms with van der Waals surface area (Å²) < 4.78 is 31.5. The van der Waals surface area contributed by atoms with Crippen LogP contribution in [0.15, 0.2) is 54.6 Å². The molecule has 0 amide bonds. The molecule has 11 heteroatoms.